The SMILES string of the molecule is C=C=Nc1ncnc2c1ncn2[C@@H]1O[C@H](COP(=O)(O)OP(=O)(O)OP(=O)(O)O)[C@@H](O)[C@H]1O. The molecule has 1 saturated heterocycles. The number of nitrogens with zero attached hydrogens (tertiary/aromatic N) is 5. The largest absolute Gasteiger partial charge is 0.490 e. The first-order valence-corrected chi connectivity index (χ1v) is 13.0. The Morgan fingerprint density at radius 3 is 2.42 bits per heavy atom. The molecule has 6 N–H and O–H groups in total. The van der Waals surface area contributed by atoms with Crippen molar-refractivity contribution in [3.05, 3.63) is 19.2 Å². The van der Waals surface area contributed by atoms with Gasteiger partial charge in [0.1, 0.15) is 24.6 Å². The molecule has 0 saturated carbocycles. The summed E-state index contributed by atoms with van der Waals surface area (Å²) in [5.74, 6) is 2.40. The van der Waals surface area contributed by atoms with Gasteiger partial charge < -0.3 is 34.5 Å². The third-order valence-corrected chi connectivity index (χ3v) is 7.76. The molecule has 2 unspecified atom stereocenters. The molecule has 0 amide bonds. The lowest BCUT2D eigenvalue weighted by Crippen LogP contribution is -2.33. The summed E-state index contributed by atoms with van der Waals surface area (Å²) in [5, 5.41) is 20.6. The molecule has 1 fully saturated rings. The summed E-state index contributed by atoms with van der Waals surface area (Å²) in [7, 11) is -16.7. The van der Waals surface area contributed by atoms with Gasteiger partial charge in [0.2, 0.25) is 0 Å². The van der Waals surface area contributed by atoms with E-state index in [4.69, 9.17) is 19.4 Å². The maximum Gasteiger partial charge on any atom is 0.490 e. The van der Waals surface area contributed by atoms with Gasteiger partial charge in [0.05, 0.1) is 12.9 Å². The van der Waals surface area contributed by atoms with Gasteiger partial charge in [-0.2, -0.15) is 13.6 Å². The number of hydrogen-bond donors (Lipinski definition) is 6. The standard InChI is InChI=1S/C12H16N5O13P3/c1-2-13-10-7-11(15-4-14-10)17(5-16-7)12-9(19)8(18)6(28-12)3-27-32(23,24)30-33(25,26)29-31(20,21)22/h4-6,8-9,12,18-19H,1,3H2,(H,23,24)(H,25,26)(H2,20,21,22)/t6-,8-,9-,12-/m1/s1. The van der Waals surface area contributed by atoms with Crippen molar-refractivity contribution in [1.29, 1.82) is 0 Å². The third kappa shape index (κ3) is 6.25. The van der Waals surface area contributed by atoms with E-state index in [0.29, 0.717) is 0 Å². The van der Waals surface area contributed by atoms with E-state index < -0.39 is 54.6 Å². The van der Waals surface area contributed by atoms with Crippen molar-refractivity contribution in [2.75, 3.05) is 6.61 Å². The number of phosphoric acid groups is 3. The van der Waals surface area contributed by atoms with E-state index in [1.807, 2.05) is 0 Å². The minimum absolute atomic E-state index is 0.117. The van der Waals surface area contributed by atoms with Gasteiger partial charge in [-0.05, 0) is 12.4 Å². The zero-order valence-corrected chi connectivity index (χ0v) is 18.7. The molecule has 1 aliphatic rings. The normalized spacial score (nSPS) is 27.1. The molecule has 3 rings (SSSR count). The van der Waals surface area contributed by atoms with Crippen molar-refractivity contribution >= 4 is 46.3 Å². The Hall–Kier alpha value is -1.71. The highest BCUT2D eigenvalue weighted by Crippen LogP contribution is 2.66. The first-order valence-electron chi connectivity index (χ1n) is 8.43. The van der Waals surface area contributed by atoms with E-state index in [1.165, 1.54) is 10.9 Å². The van der Waals surface area contributed by atoms with E-state index >= 15 is 0 Å². The van der Waals surface area contributed by atoms with Crippen LogP contribution in [-0.2, 0) is 31.6 Å². The van der Waals surface area contributed by atoms with Crippen LogP contribution >= 0.6 is 23.5 Å². The van der Waals surface area contributed by atoms with Crippen LogP contribution in [0, 0.1) is 0 Å². The second-order valence-corrected chi connectivity index (χ2v) is 10.6. The molecule has 0 aromatic carbocycles. The van der Waals surface area contributed by atoms with Crippen molar-refractivity contribution < 1.29 is 61.4 Å². The molecule has 21 heteroatoms. The zero-order chi connectivity index (χ0) is 24.6. The molecule has 33 heavy (non-hydrogen) atoms. The maximum absolute atomic E-state index is 11.8. The van der Waals surface area contributed by atoms with Crippen molar-refractivity contribution in [2.24, 2.45) is 4.99 Å². The number of aromatic nitrogens is 4. The number of imidazole rings is 1. The van der Waals surface area contributed by atoms with Crippen LogP contribution in [0.25, 0.3) is 11.2 Å². The molecule has 0 spiro atoms. The number of rotatable bonds is 9. The average molecular weight is 531 g/mol. The second-order valence-electron chi connectivity index (χ2n) is 6.22. The Labute approximate surface area is 183 Å². The first-order chi connectivity index (χ1) is 15.2. The van der Waals surface area contributed by atoms with Crippen LogP contribution in [0.5, 0.6) is 0 Å². The van der Waals surface area contributed by atoms with Gasteiger partial charge in [-0.1, -0.05) is 0 Å². The quantitative estimate of drug-likeness (QED) is 0.172. The number of phosphoric ester groups is 1. The van der Waals surface area contributed by atoms with Crippen LogP contribution in [0.3, 0.4) is 0 Å². The molecule has 0 aliphatic carbocycles. The van der Waals surface area contributed by atoms with Gasteiger partial charge in [-0.15, -0.1) is 0 Å². The number of aliphatic hydroxyl groups is 2. The van der Waals surface area contributed by atoms with Crippen LogP contribution in [-0.4, -0.2) is 80.1 Å². The summed E-state index contributed by atoms with van der Waals surface area (Å²) in [6, 6.07) is 0. The molecule has 6 atom stereocenters. The highest BCUT2D eigenvalue weighted by Gasteiger charge is 2.47. The van der Waals surface area contributed by atoms with Gasteiger partial charge in [0.25, 0.3) is 0 Å². The predicted molar refractivity (Wildman–Crippen MR) is 104 cm³/mol. The summed E-state index contributed by atoms with van der Waals surface area (Å²) in [4.78, 5) is 51.4. The second kappa shape index (κ2) is 9.50. The first kappa shape index (κ1) is 25.9. The predicted octanol–water partition coefficient (Wildman–Crippen LogP) is -0.724. The van der Waals surface area contributed by atoms with E-state index in [9.17, 15) is 28.8 Å². The Morgan fingerprint density at radius 1 is 1.09 bits per heavy atom. The fourth-order valence-corrected chi connectivity index (χ4v) is 5.78. The van der Waals surface area contributed by atoms with Crippen molar-refractivity contribution in [3.63, 3.8) is 0 Å². The molecule has 0 bridgehead atoms. The number of aliphatic hydroxyl groups excluding tert-OH is 2. The van der Waals surface area contributed by atoms with Crippen molar-refractivity contribution in [2.45, 2.75) is 24.5 Å². The fraction of sp³-hybridized carbons (Fsp3) is 0.417. The number of ether oxygens (including phenoxy) is 1. The molecular formula is C12H16N5O13P3. The average Bonchev–Trinajstić information content (AvgIpc) is 3.20. The Balaban J connectivity index is 1.73. The number of fused-ring (bicyclic) bond motifs is 1. The van der Waals surface area contributed by atoms with Gasteiger partial charge in [-0.3, -0.25) is 9.09 Å². The zero-order valence-electron chi connectivity index (χ0n) is 16.0. The van der Waals surface area contributed by atoms with Gasteiger partial charge in [-0.25, -0.2) is 28.6 Å². The third-order valence-electron chi connectivity index (χ3n) is 3.95. The number of aliphatic imine (C=N–C) groups is 1. The highest BCUT2D eigenvalue weighted by atomic mass is 31.3. The monoisotopic (exact) mass is 531 g/mol. The molecule has 0 radical (unpaired) electrons. The van der Waals surface area contributed by atoms with Gasteiger partial charge in [0.15, 0.2) is 23.2 Å². The van der Waals surface area contributed by atoms with Gasteiger partial charge in [0, 0.05) is 0 Å². The summed E-state index contributed by atoms with van der Waals surface area (Å²) >= 11 is 0. The Morgan fingerprint density at radius 2 is 1.79 bits per heavy atom. The number of hydrogen-bond acceptors (Lipinski definition) is 13. The van der Waals surface area contributed by atoms with Crippen LogP contribution in [0.15, 0.2) is 24.2 Å². The topological polar surface area (TPSA) is 265 Å². The smallest absolute Gasteiger partial charge is 0.387 e. The van der Waals surface area contributed by atoms with Crippen LogP contribution < -0.4 is 0 Å². The summed E-state index contributed by atoms with van der Waals surface area (Å²) in [5.41, 5.74) is 0.333. The molecule has 2 aromatic heterocycles. The summed E-state index contributed by atoms with van der Waals surface area (Å²) < 4.78 is 52.1. The molecular weight excluding hydrogens is 515 g/mol. The molecule has 1 aliphatic heterocycles. The van der Waals surface area contributed by atoms with Crippen molar-refractivity contribution in [1.82, 2.24) is 19.5 Å². The lowest BCUT2D eigenvalue weighted by atomic mass is 10.1. The van der Waals surface area contributed by atoms with E-state index in [0.717, 1.165) is 6.33 Å². The Bertz CT molecular complexity index is 1220. The van der Waals surface area contributed by atoms with E-state index in [-0.39, 0.29) is 17.0 Å². The van der Waals surface area contributed by atoms with Crippen LogP contribution in [0.2, 0.25) is 0 Å². The van der Waals surface area contributed by atoms with Crippen molar-refractivity contribution in [3.8, 4) is 0 Å². The van der Waals surface area contributed by atoms with Crippen LogP contribution in [0.4, 0.5) is 5.82 Å². The van der Waals surface area contributed by atoms with E-state index in [2.05, 4.69) is 45.5 Å². The lowest BCUT2D eigenvalue weighted by molar-refractivity contribution is -0.0503. The Kier molecular flexibility index (Phi) is 7.46. The molecule has 18 nitrogen and oxygen atoms in total. The molecule has 182 valence electrons. The van der Waals surface area contributed by atoms with E-state index in [1.54, 1.807) is 0 Å². The minimum Gasteiger partial charge on any atom is -0.387 e. The fourth-order valence-electron chi connectivity index (χ4n) is 2.75. The lowest BCUT2D eigenvalue weighted by Gasteiger charge is -2.19. The molecule has 2 aromatic rings. The minimum atomic E-state index is -5.71. The summed E-state index contributed by atoms with van der Waals surface area (Å²) in [6.45, 7) is 2.36. The molecule has 3 heterocycles. The van der Waals surface area contributed by atoms with Crippen LogP contribution in [0.1, 0.15) is 6.23 Å². The summed E-state index contributed by atoms with van der Waals surface area (Å²) in [6.07, 6.45) is -3.74. The maximum atomic E-state index is 11.8. The highest BCUT2D eigenvalue weighted by molar-refractivity contribution is 7.66. The van der Waals surface area contributed by atoms with Gasteiger partial charge >= 0.3 is 23.5 Å².